The van der Waals surface area contributed by atoms with Gasteiger partial charge >= 0.3 is 0 Å². The second kappa shape index (κ2) is 10.2. The van der Waals surface area contributed by atoms with E-state index in [2.05, 4.69) is 156 Å². The van der Waals surface area contributed by atoms with Crippen LogP contribution in [0.5, 0.6) is 0 Å². The van der Waals surface area contributed by atoms with Crippen molar-refractivity contribution in [2.24, 2.45) is 0 Å². The Morgan fingerprint density at radius 2 is 0.961 bits per heavy atom. The van der Waals surface area contributed by atoms with Crippen LogP contribution < -0.4 is 0 Å². The zero-order chi connectivity index (χ0) is 33.2. The SMILES string of the molecule is c1ccc2c(c1)ccc1cc(-c3nc(-n4c5ccc6c7ccccc7sc6c5c5c6sc7ccccc7c6ccc54)nc4ccccc34)ccc12. The summed E-state index contributed by atoms with van der Waals surface area (Å²) in [5.41, 5.74) is 5.20. The minimum Gasteiger partial charge on any atom is -0.278 e. The first-order chi connectivity index (χ1) is 25.3. The van der Waals surface area contributed by atoms with Crippen molar-refractivity contribution in [2.75, 3.05) is 0 Å². The lowest BCUT2D eigenvalue weighted by atomic mass is 9.98. The van der Waals surface area contributed by atoms with Crippen LogP contribution in [0.1, 0.15) is 0 Å². The largest absolute Gasteiger partial charge is 0.278 e. The maximum Gasteiger partial charge on any atom is 0.235 e. The first-order valence-electron chi connectivity index (χ1n) is 17.2. The molecule has 0 saturated carbocycles. The van der Waals surface area contributed by atoms with Crippen LogP contribution in [0.15, 0.2) is 152 Å². The average molecular weight is 684 g/mol. The monoisotopic (exact) mass is 683 g/mol. The Morgan fingerprint density at radius 3 is 1.67 bits per heavy atom. The number of nitrogens with zero attached hydrogens (tertiary/aromatic N) is 3. The van der Waals surface area contributed by atoms with Crippen LogP contribution >= 0.6 is 22.7 Å². The molecule has 0 fully saturated rings. The molecule has 236 valence electrons. The van der Waals surface area contributed by atoms with Crippen molar-refractivity contribution >= 4 is 117 Å². The Morgan fingerprint density at radius 1 is 0.412 bits per heavy atom. The highest BCUT2D eigenvalue weighted by atomic mass is 32.1. The van der Waals surface area contributed by atoms with E-state index < -0.39 is 0 Å². The van der Waals surface area contributed by atoms with E-state index in [-0.39, 0.29) is 0 Å². The summed E-state index contributed by atoms with van der Waals surface area (Å²) in [4.78, 5) is 10.8. The molecular formula is C46H25N3S2. The first kappa shape index (κ1) is 27.7. The lowest BCUT2D eigenvalue weighted by Crippen LogP contribution is -2.03. The van der Waals surface area contributed by atoms with Crippen LogP contribution in [-0.2, 0) is 0 Å². The smallest absolute Gasteiger partial charge is 0.235 e. The zero-order valence-corrected chi connectivity index (χ0v) is 28.7. The van der Waals surface area contributed by atoms with Gasteiger partial charge < -0.3 is 0 Å². The second-order valence-corrected chi connectivity index (χ2v) is 15.4. The molecule has 0 saturated heterocycles. The topological polar surface area (TPSA) is 30.7 Å². The van der Waals surface area contributed by atoms with E-state index >= 15 is 0 Å². The second-order valence-electron chi connectivity index (χ2n) is 13.3. The number of rotatable bonds is 2. The van der Waals surface area contributed by atoms with Crippen LogP contribution in [0, 0.1) is 0 Å². The molecule has 0 aliphatic carbocycles. The molecule has 0 unspecified atom stereocenters. The van der Waals surface area contributed by atoms with Gasteiger partial charge in [-0.1, -0.05) is 115 Å². The summed E-state index contributed by atoms with van der Waals surface area (Å²) in [7, 11) is 0. The molecule has 12 rings (SSSR count). The van der Waals surface area contributed by atoms with Crippen molar-refractivity contribution in [1.82, 2.24) is 14.5 Å². The number of hydrogen-bond donors (Lipinski definition) is 0. The fourth-order valence-corrected chi connectivity index (χ4v) is 10.8. The Hall–Kier alpha value is -6.14. The molecule has 0 aliphatic heterocycles. The van der Waals surface area contributed by atoms with Gasteiger partial charge in [-0.2, -0.15) is 0 Å². The molecule has 51 heavy (non-hydrogen) atoms. The van der Waals surface area contributed by atoms with Gasteiger partial charge in [0.2, 0.25) is 5.95 Å². The Bertz CT molecular complexity index is 3310. The van der Waals surface area contributed by atoms with Gasteiger partial charge in [-0.25, -0.2) is 9.97 Å². The minimum atomic E-state index is 0.684. The van der Waals surface area contributed by atoms with E-state index in [1.54, 1.807) is 0 Å². The van der Waals surface area contributed by atoms with Crippen molar-refractivity contribution in [3.8, 4) is 17.2 Å². The fourth-order valence-electron chi connectivity index (χ4n) is 8.30. The molecule has 0 aliphatic rings. The number of thiophene rings is 2. The maximum absolute atomic E-state index is 5.49. The van der Waals surface area contributed by atoms with Crippen LogP contribution in [-0.4, -0.2) is 14.5 Å². The standard InChI is InChI=1S/C46H25N3S2/c1-2-10-29-26(9-1)17-18-27-25-28(19-20-30(27)29)43-35-13-3-6-14-36(35)47-46(48-43)49-37-23-21-33-31-11-4-7-15-39(31)50-44(33)41(37)42-38(49)24-22-34-32-12-5-8-16-40(32)51-45(34)42/h1-25H. The molecule has 0 amide bonds. The number of hydrogen-bond acceptors (Lipinski definition) is 4. The Kier molecular flexibility index (Phi) is 5.53. The number of benzene rings is 8. The predicted molar refractivity (Wildman–Crippen MR) is 220 cm³/mol. The van der Waals surface area contributed by atoms with Gasteiger partial charge in [0.15, 0.2) is 0 Å². The van der Waals surface area contributed by atoms with Crippen molar-refractivity contribution in [3.05, 3.63) is 152 Å². The molecule has 8 aromatic carbocycles. The summed E-state index contributed by atoms with van der Waals surface area (Å²) < 4.78 is 7.54. The van der Waals surface area contributed by atoms with E-state index in [1.165, 1.54) is 72.7 Å². The van der Waals surface area contributed by atoms with Crippen LogP contribution in [0.4, 0.5) is 0 Å². The summed E-state index contributed by atoms with van der Waals surface area (Å²) in [5.74, 6) is 0.684. The first-order valence-corrected chi connectivity index (χ1v) is 18.8. The van der Waals surface area contributed by atoms with Crippen LogP contribution in [0.25, 0.3) is 112 Å². The lowest BCUT2D eigenvalue weighted by Gasteiger charge is -2.13. The molecule has 0 bridgehead atoms. The van der Waals surface area contributed by atoms with Gasteiger partial charge in [-0.15, -0.1) is 22.7 Å². The van der Waals surface area contributed by atoms with E-state index in [1.807, 2.05) is 22.7 Å². The van der Waals surface area contributed by atoms with Crippen molar-refractivity contribution in [3.63, 3.8) is 0 Å². The van der Waals surface area contributed by atoms with Crippen molar-refractivity contribution < 1.29 is 0 Å². The molecule has 0 radical (unpaired) electrons. The van der Waals surface area contributed by atoms with Gasteiger partial charge in [0.1, 0.15) is 0 Å². The molecular weight excluding hydrogens is 659 g/mol. The van der Waals surface area contributed by atoms with Crippen molar-refractivity contribution in [1.29, 1.82) is 0 Å². The third-order valence-electron chi connectivity index (χ3n) is 10.6. The fraction of sp³-hybridized carbons (Fsp3) is 0. The molecule has 0 spiro atoms. The molecule has 0 N–H and O–H groups in total. The normalized spacial score (nSPS) is 12.3. The number of aromatic nitrogens is 3. The van der Waals surface area contributed by atoms with Gasteiger partial charge in [0, 0.05) is 62.1 Å². The highest BCUT2D eigenvalue weighted by Gasteiger charge is 2.23. The molecule has 0 atom stereocenters. The average Bonchev–Trinajstić information content (AvgIpc) is 3.86. The van der Waals surface area contributed by atoms with E-state index in [4.69, 9.17) is 9.97 Å². The molecule has 3 nitrogen and oxygen atoms in total. The molecule has 4 heterocycles. The summed E-state index contributed by atoms with van der Waals surface area (Å²) in [6.07, 6.45) is 0. The van der Waals surface area contributed by atoms with Crippen LogP contribution in [0.3, 0.4) is 0 Å². The highest BCUT2D eigenvalue weighted by Crippen LogP contribution is 2.48. The third-order valence-corrected chi connectivity index (χ3v) is 13.0. The van der Waals surface area contributed by atoms with E-state index in [0.29, 0.717) is 5.95 Å². The summed E-state index contributed by atoms with van der Waals surface area (Å²) in [5, 5.41) is 13.8. The predicted octanol–water partition coefficient (Wildman–Crippen LogP) is 13.4. The quantitative estimate of drug-likeness (QED) is 0.170. The van der Waals surface area contributed by atoms with Gasteiger partial charge in [-0.3, -0.25) is 4.57 Å². The maximum atomic E-state index is 5.49. The Labute approximate surface area is 299 Å². The Balaban J connectivity index is 1.21. The number of para-hydroxylation sites is 1. The van der Waals surface area contributed by atoms with Gasteiger partial charge in [0.05, 0.1) is 22.2 Å². The minimum absolute atomic E-state index is 0.684. The highest BCUT2D eigenvalue weighted by molar-refractivity contribution is 7.28. The third kappa shape index (κ3) is 3.82. The van der Waals surface area contributed by atoms with Gasteiger partial charge in [-0.05, 0) is 57.9 Å². The summed E-state index contributed by atoms with van der Waals surface area (Å²) in [6.45, 7) is 0. The number of fused-ring (bicyclic) bond motifs is 15. The van der Waals surface area contributed by atoms with E-state index in [9.17, 15) is 0 Å². The van der Waals surface area contributed by atoms with E-state index in [0.717, 1.165) is 33.2 Å². The molecule has 12 aromatic rings. The lowest BCUT2D eigenvalue weighted by molar-refractivity contribution is 1.01. The zero-order valence-electron chi connectivity index (χ0n) is 27.1. The van der Waals surface area contributed by atoms with Crippen LogP contribution in [0.2, 0.25) is 0 Å². The molecule has 5 heteroatoms. The van der Waals surface area contributed by atoms with Gasteiger partial charge in [0.25, 0.3) is 0 Å². The molecule has 4 aromatic heterocycles. The summed E-state index contributed by atoms with van der Waals surface area (Å²) in [6, 6.07) is 54.9. The summed E-state index contributed by atoms with van der Waals surface area (Å²) >= 11 is 3.77. The van der Waals surface area contributed by atoms with Crippen molar-refractivity contribution in [2.45, 2.75) is 0 Å².